The lowest BCUT2D eigenvalue weighted by Gasteiger charge is -2.36. The van der Waals surface area contributed by atoms with E-state index < -0.39 is 0 Å². The number of aromatic amines is 1. The number of rotatable bonds is 2. The summed E-state index contributed by atoms with van der Waals surface area (Å²) in [6, 6.07) is 9.45. The highest BCUT2D eigenvalue weighted by molar-refractivity contribution is 5.57. The molecular formula is C14H17N5O. The van der Waals surface area contributed by atoms with E-state index in [1.165, 1.54) is 12.4 Å². The number of benzene rings is 1. The number of nitrogens with two attached hydrogens (primary N) is 1. The smallest absolute Gasteiger partial charge is 0.252 e. The van der Waals surface area contributed by atoms with E-state index in [2.05, 4.69) is 25.8 Å². The van der Waals surface area contributed by atoms with Crippen LogP contribution in [0.3, 0.4) is 0 Å². The normalized spacial score (nSPS) is 15.4. The second-order valence-corrected chi connectivity index (χ2v) is 4.84. The summed E-state index contributed by atoms with van der Waals surface area (Å²) in [5, 5.41) is 0. The van der Waals surface area contributed by atoms with Gasteiger partial charge in [-0.15, -0.1) is 0 Å². The van der Waals surface area contributed by atoms with Gasteiger partial charge < -0.3 is 20.5 Å². The van der Waals surface area contributed by atoms with Crippen molar-refractivity contribution in [2.75, 3.05) is 41.7 Å². The maximum absolute atomic E-state index is 11.3. The fourth-order valence-electron chi connectivity index (χ4n) is 2.45. The zero-order valence-electron chi connectivity index (χ0n) is 11.1. The molecule has 3 rings (SSSR count). The third-order valence-electron chi connectivity index (χ3n) is 3.50. The first-order valence-corrected chi connectivity index (χ1v) is 6.62. The first kappa shape index (κ1) is 12.5. The number of piperazine rings is 1. The fraction of sp³-hybridized carbons (Fsp3) is 0.286. The molecular weight excluding hydrogens is 254 g/mol. The van der Waals surface area contributed by atoms with Crippen molar-refractivity contribution in [2.24, 2.45) is 0 Å². The van der Waals surface area contributed by atoms with Gasteiger partial charge in [0.15, 0.2) is 0 Å². The van der Waals surface area contributed by atoms with Crippen molar-refractivity contribution in [3.05, 3.63) is 47.0 Å². The van der Waals surface area contributed by atoms with Gasteiger partial charge in [0, 0.05) is 43.6 Å². The minimum absolute atomic E-state index is 0.117. The summed E-state index contributed by atoms with van der Waals surface area (Å²) in [5.74, 6) is 0.737. The van der Waals surface area contributed by atoms with Crippen molar-refractivity contribution < 1.29 is 0 Å². The second-order valence-electron chi connectivity index (χ2n) is 4.84. The van der Waals surface area contributed by atoms with Gasteiger partial charge in [-0.3, -0.25) is 4.79 Å². The molecule has 0 radical (unpaired) electrons. The Balaban J connectivity index is 1.69. The Morgan fingerprint density at radius 1 is 1.10 bits per heavy atom. The number of H-pyrrole nitrogens is 1. The average Bonchev–Trinajstić information content (AvgIpc) is 2.47. The van der Waals surface area contributed by atoms with E-state index in [1.807, 2.05) is 18.2 Å². The number of anilines is 3. The van der Waals surface area contributed by atoms with Gasteiger partial charge in [-0.25, -0.2) is 4.98 Å². The highest BCUT2D eigenvalue weighted by Gasteiger charge is 2.18. The van der Waals surface area contributed by atoms with Gasteiger partial charge in [-0.05, 0) is 18.2 Å². The van der Waals surface area contributed by atoms with Crippen LogP contribution in [-0.4, -0.2) is 36.1 Å². The van der Waals surface area contributed by atoms with Gasteiger partial charge in [0.1, 0.15) is 5.82 Å². The van der Waals surface area contributed by atoms with Crippen LogP contribution in [0, 0.1) is 0 Å². The van der Waals surface area contributed by atoms with Gasteiger partial charge in [0.2, 0.25) is 0 Å². The average molecular weight is 271 g/mol. The Morgan fingerprint density at radius 2 is 1.85 bits per heavy atom. The summed E-state index contributed by atoms with van der Waals surface area (Å²) in [7, 11) is 0. The van der Waals surface area contributed by atoms with E-state index in [0.717, 1.165) is 43.4 Å². The third-order valence-corrected chi connectivity index (χ3v) is 3.50. The summed E-state index contributed by atoms with van der Waals surface area (Å²) < 4.78 is 0. The summed E-state index contributed by atoms with van der Waals surface area (Å²) in [5.41, 5.74) is 7.62. The molecule has 0 atom stereocenters. The first-order valence-electron chi connectivity index (χ1n) is 6.62. The Bertz CT molecular complexity index is 646. The number of nitrogen functional groups attached to an aromatic ring is 1. The zero-order valence-corrected chi connectivity index (χ0v) is 11.1. The lowest BCUT2D eigenvalue weighted by atomic mass is 10.2. The predicted molar refractivity (Wildman–Crippen MR) is 80.1 cm³/mol. The van der Waals surface area contributed by atoms with Gasteiger partial charge in [0.05, 0.1) is 6.33 Å². The molecule has 0 unspecified atom stereocenters. The van der Waals surface area contributed by atoms with Gasteiger partial charge in [0.25, 0.3) is 5.56 Å². The molecule has 0 saturated carbocycles. The van der Waals surface area contributed by atoms with Crippen LogP contribution in [0.5, 0.6) is 0 Å². The van der Waals surface area contributed by atoms with Crippen LogP contribution in [0.15, 0.2) is 41.5 Å². The zero-order chi connectivity index (χ0) is 13.9. The molecule has 1 aliphatic heterocycles. The summed E-state index contributed by atoms with van der Waals surface area (Å²) in [4.78, 5) is 22.5. The molecule has 6 heteroatoms. The highest BCUT2D eigenvalue weighted by Crippen LogP contribution is 2.20. The Labute approximate surface area is 116 Å². The highest BCUT2D eigenvalue weighted by atomic mass is 16.1. The van der Waals surface area contributed by atoms with Gasteiger partial charge in [-0.2, -0.15) is 0 Å². The molecule has 2 aromatic rings. The molecule has 1 aromatic heterocycles. The molecule has 104 valence electrons. The number of nitrogens with zero attached hydrogens (tertiary/aromatic N) is 3. The molecule has 1 aromatic carbocycles. The molecule has 0 aliphatic carbocycles. The SMILES string of the molecule is Nc1cccc(N2CCN(c3cc(=O)[nH]cn3)CC2)c1. The van der Waals surface area contributed by atoms with Crippen LogP contribution in [0.2, 0.25) is 0 Å². The number of hydrogen-bond acceptors (Lipinski definition) is 5. The molecule has 0 amide bonds. The van der Waals surface area contributed by atoms with Crippen LogP contribution < -0.4 is 21.1 Å². The Hall–Kier alpha value is -2.50. The topological polar surface area (TPSA) is 78.2 Å². The largest absolute Gasteiger partial charge is 0.399 e. The number of nitrogens with one attached hydrogen (secondary N) is 1. The lowest BCUT2D eigenvalue weighted by molar-refractivity contribution is 0.646. The molecule has 0 spiro atoms. The number of hydrogen-bond donors (Lipinski definition) is 2. The van der Waals surface area contributed by atoms with Crippen LogP contribution >= 0.6 is 0 Å². The molecule has 6 nitrogen and oxygen atoms in total. The molecule has 3 N–H and O–H groups in total. The van der Waals surface area contributed by atoms with Gasteiger partial charge in [-0.1, -0.05) is 6.07 Å². The maximum Gasteiger partial charge on any atom is 0.252 e. The van der Waals surface area contributed by atoms with Crippen molar-refractivity contribution in [1.29, 1.82) is 0 Å². The van der Waals surface area contributed by atoms with Crippen LogP contribution in [-0.2, 0) is 0 Å². The Kier molecular flexibility index (Phi) is 3.28. The van der Waals surface area contributed by atoms with Crippen molar-refractivity contribution in [3.8, 4) is 0 Å². The molecule has 1 aliphatic rings. The minimum atomic E-state index is -0.117. The van der Waals surface area contributed by atoms with E-state index in [1.54, 1.807) is 0 Å². The summed E-state index contributed by atoms with van der Waals surface area (Å²) in [6.45, 7) is 3.45. The number of aromatic nitrogens is 2. The molecule has 1 fully saturated rings. The van der Waals surface area contributed by atoms with E-state index >= 15 is 0 Å². The lowest BCUT2D eigenvalue weighted by Crippen LogP contribution is -2.47. The van der Waals surface area contributed by atoms with Crippen molar-refractivity contribution in [1.82, 2.24) is 9.97 Å². The van der Waals surface area contributed by atoms with E-state index in [4.69, 9.17) is 5.73 Å². The third kappa shape index (κ3) is 2.59. The summed E-state index contributed by atoms with van der Waals surface area (Å²) >= 11 is 0. The van der Waals surface area contributed by atoms with Gasteiger partial charge >= 0.3 is 0 Å². The standard InChI is InChI=1S/C14H17N5O/c15-11-2-1-3-12(8-11)18-4-6-19(7-5-18)13-9-14(20)17-10-16-13/h1-3,8-10H,4-7,15H2,(H,16,17,20). The first-order chi connectivity index (χ1) is 9.72. The van der Waals surface area contributed by atoms with Crippen molar-refractivity contribution >= 4 is 17.2 Å². The van der Waals surface area contributed by atoms with Crippen molar-refractivity contribution in [2.45, 2.75) is 0 Å². The maximum atomic E-state index is 11.3. The molecule has 2 heterocycles. The molecule has 0 bridgehead atoms. The van der Waals surface area contributed by atoms with E-state index in [-0.39, 0.29) is 5.56 Å². The monoisotopic (exact) mass is 271 g/mol. The quantitative estimate of drug-likeness (QED) is 0.785. The second kappa shape index (κ2) is 5.24. The molecule has 20 heavy (non-hydrogen) atoms. The van der Waals surface area contributed by atoms with Crippen LogP contribution in [0.1, 0.15) is 0 Å². The van der Waals surface area contributed by atoms with Crippen LogP contribution in [0.25, 0.3) is 0 Å². The Morgan fingerprint density at radius 3 is 2.55 bits per heavy atom. The van der Waals surface area contributed by atoms with E-state index in [9.17, 15) is 4.79 Å². The summed E-state index contributed by atoms with van der Waals surface area (Å²) in [6.07, 6.45) is 1.45. The minimum Gasteiger partial charge on any atom is -0.399 e. The van der Waals surface area contributed by atoms with Crippen molar-refractivity contribution in [3.63, 3.8) is 0 Å². The van der Waals surface area contributed by atoms with E-state index in [0.29, 0.717) is 0 Å². The van der Waals surface area contributed by atoms with Crippen LogP contribution in [0.4, 0.5) is 17.2 Å². The predicted octanol–water partition coefficient (Wildman–Crippen LogP) is 0.679. The fourth-order valence-corrected chi connectivity index (χ4v) is 2.45. The molecule has 1 saturated heterocycles.